The van der Waals surface area contributed by atoms with Crippen LogP contribution in [0.2, 0.25) is 30.7 Å². The summed E-state index contributed by atoms with van der Waals surface area (Å²) in [4.78, 5) is 14.2. The zero-order chi connectivity index (χ0) is 23.6. The Bertz CT molecular complexity index is 1090. The number of anilines is 1. The molecule has 178 valence electrons. The summed E-state index contributed by atoms with van der Waals surface area (Å²) in [5.74, 6) is 1.01. The molecule has 0 spiro atoms. The fraction of sp³-hybridized carbons (Fsp3) is 0.520. The molecule has 0 atom stereocenters. The Morgan fingerprint density at radius 1 is 1.15 bits per heavy atom. The summed E-state index contributed by atoms with van der Waals surface area (Å²) in [7, 11) is 3.21. The van der Waals surface area contributed by atoms with E-state index in [0.29, 0.717) is 12.8 Å². The van der Waals surface area contributed by atoms with Crippen molar-refractivity contribution in [1.82, 2.24) is 19.4 Å². The Balaban J connectivity index is 1.69. The SMILES string of the molecule is CN(C)C1CCN(c2ncnc3c2c(-c2cccc(Cl)c2)cn3COCC[Si](C)(C)C)CC1. The lowest BCUT2D eigenvalue weighted by Gasteiger charge is -2.36. The number of piperidine rings is 1. The molecule has 0 N–H and O–H groups in total. The van der Waals surface area contributed by atoms with E-state index in [2.05, 4.69) is 65.4 Å². The number of ether oxygens (including phenoxy) is 1. The van der Waals surface area contributed by atoms with Crippen LogP contribution in [0.25, 0.3) is 22.2 Å². The van der Waals surface area contributed by atoms with Gasteiger partial charge in [-0.3, -0.25) is 0 Å². The van der Waals surface area contributed by atoms with E-state index in [-0.39, 0.29) is 0 Å². The molecule has 1 aliphatic rings. The Hall–Kier alpha value is -1.93. The fourth-order valence-electron chi connectivity index (χ4n) is 4.46. The molecule has 1 saturated heterocycles. The van der Waals surface area contributed by atoms with E-state index in [0.717, 1.165) is 71.6 Å². The first kappa shape index (κ1) is 24.2. The lowest BCUT2D eigenvalue weighted by atomic mass is 10.0. The van der Waals surface area contributed by atoms with Gasteiger partial charge >= 0.3 is 0 Å². The number of halogens is 1. The van der Waals surface area contributed by atoms with E-state index in [1.807, 2.05) is 18.2 Å². The van der Waals surface area contributed by atoms with Crippen LogP contribution in [0, 0.1) is 0 Å². The zero-order valence-corrected chi connectivity index (χ0v) is 22.3. The molecule has 33 heavy (non-hydrogen) atoms. The normalized spacial score (nSPS) is 15.7. The van der Waals surface area contributed by atoms with E-state index < -0.39 is 8.07 Å². The summed E-state index contributed by atoms with van der Waals surface area (Å²) in [5, 5.41) is 1.81. The summed E-state index contributed by atoms with van der Waals surface area (Å²) in [6.07, 6.45) is 6.10. The molecular formula is C25H36ClN5OSi. The Morgan fingerprint density at radius 3 is 2.58 bits per heavy atom. The van der Waals surface area contributed by atoms with Gasteiger partial charge in [-0.1, -0.05) is 43.4 Å². The maximum absolute atomic E-state index is 6.36. The maximum atomic E-state index is 6.36. The molecular weight excluding hydrogens is 450 g/mol. The van der Waals surface area contributed by atoms with Crippen molar-refractivity contribution in [2.24, 2.45) is 0 Å². The number of hydrogen-bond donors (Lipinski definition) is 0. The second-order valence-electron chi connectivity index (χ2n) is 10.4. The minimum Gasteiger partial charge on any atom is -0.361 e. The second kappa shape index (κ2) is 10.1. The van der Waals surface area contributed by atoms with Crippen molar-refractivity contribution >= 4 is 36.5 Å². The zero-order valence-electron chi connectivity index (χ0n) is 20.5. The number of hydrogen-bond acceptors (Lipinski definition) is 5. The molecule has 2 aromatic heterocycles. The summed E-state index contributed by atoms with van der Waals surface area (Å²) in [5.41, 5.74) is 3.09. The number of fused-ring (bicyclic) bond motifs is 1. The van der Waals surface area contributed by atoms with E-state index >= 15 is 0 Å². The smallest absolute Gasteiger partial charge is 0.148 e. The van der Waals surface area contributed by atoms with Crippen LogP contribution in [0.3, 0.4) is 0 Å². The highest BCUT2D eigenvalue weighted by Gasteiger charge is 2.25. The van der Waals surface area contributed by atoms with Crippen molar-refractivity contribution in [3.63, 3.8) is 0 Å². The summed E-state index contributed by atoms with van der Waals surface area (Å²) < 4.78 is 8.21. The molecule has 3 heterocycles. The van der Waals surface area contributed by atoms with E-state index in [9.17, 15) is 0 Å². The molecule has 6 nitrogen and oxygen atoms in total. The monoisotopic (exact) mass is 485 g/mol. The Morgan fingerprint density at radius 2 is 1.91 bits per heavy atom. The molecule has 8 heteroatoms. The van der Waals surface area contributed by atoms with Crippen LogP contribution in [-0.4, -0.2) is 67.3 Å². The van der Waals surface area contributed by atoms with Gasteiger partial charge in [0.1, 0.15) is 24.5 Å². The molecule has 0 amide bonds. The van der Waals surface area contributed by atoms with E-state index in [4.69, 9.17) is 21.3 Å². The lowest BCUT2D eigenvalue weighted by Crippen LogP contribution is -2.42. The van der Waals surface area contributed by atoms with Crippen LogP contribution >= 0.6 is 11.6 Å². The predicted octanol–water partition coefficient (Wildman–Crippen LogP) is 5.59. The van der Waals surface area contributed by atoms with Crippen molar-refractivity contribution in [1.29, 1.82) is 0 Å². The topological polar surface area (TPSA) is 46.4 Å². The van der Waals surface area contributed by atoms with Gasteiger partial charge in [0.05, 0.1) is 5.39 Å². The maximum Gasteiger partial charge on any atom is 0.148 e. The molecule has 0 unspecified atom stereocenters. The third kappa shape index (κ3) is 5.77. The number of benzene rings is 1. The van der Waals surface area contributed by atoms with Crippen LogP contribution in [0.5, 0.6) is 0 Å². The van der Waals surface area contributed by atoms with Crippen LogP contribution in [0.4, 0.5) is 5.82 Å². The van der Waals surface area contributed by atoms with Crippen LogP contribution in [0.15, 0.2) is 36.8 Å². The van der Waals surface area contributed by atoms with Gasteiger partial charge < -0.3 is 19.1 Å². The van der Waals surface area contributed by atoms with Gasteiger partial charge in [-0.15, -0.1) is 0 Å². The molecule has 0 bridgehead atoms. The van der Waals surface area contributed by atoms with Crippen molar-refractivity contribution in [2.45, 2.75) is 51.3 Å². The minimum absolute atomic E-state index is 0.487. The van der Waals surface area contributed by atoms with Gasteiger partial charge in [-0.25, -0.2) is 9.97 Å². The fourth-order valence-corrected chi connectivity index (χ4v) is 5.40. The van der Waals surface area contributed by atoms with Crippen LogP contribution < -0.4 is 4.90 Å². The number of nitrogens with zero attached hydrogens (tertiary/aromatic N) is 5. The Labute approximate surface area is 203 Å². The predicted molar refractivity (Wildman–Crippen MR) is 141 cm³/mol. The number of rotatable bonds is 8. The van der Waals surface area contributed by atoms with Gasteiger partial charge in [0.2, 0.25) is 0 Å². The lowest BCUT2D eigenvalue weighted by molar-refractivity contribution is 0.0899. The highest BCUT2D eigenvalue weighted by Crippen LogP contribution is 2.37. The molecule has 4 rings (SSSR count). The van der Waals surface area contributed by atoms with E-state index in [1.165, 1.54) is 0 Å². The highest BCUT2D eigenvalue weighted by atomic mass is 35.5. The van der Waals surface area contributed by atoms with Gasteiger partial charge in [-0.05, 0) is 50.7 Å². The van der Waals surface area contributed by atoms with Crippen molar-refractivity contribution < 1.29 is 4.74 Å². The third-order valence-electron chi connectivity index (χ3n) is 6.49. The minimum atomic E-state index is -1.13. The first-order chi connectivity index (χ1) is 15.7. The highest BCUT2D eigenvalue weighted by molar-refractivity contribution is 6.76. The molecule has 1 aliphatic heterocycles. The largest absolute Gasteiger partial charge is 0.361 e. The second-order valence-corrected chi connectivity index (χ2v) is 16.5. The first-order valence-corrected chi connectivity index (χ1v) is 15.9. The van der Waals surface area contributed by atoms with E-state index in [1.54, 1.807) is 6.33 Å². The molecule has 1 aromatic carbocycles. The van der Waals surface area contributed by atoms with Gasteiger partial charge in [-0.2, -0.15) is 0 Å². The average molecular weight is 486 g/mol. The number of aromatic nitrogens is 3. The van der Waals surface area contributed by atoms with Crippen molar-refractivity contribution in [3.8, 4) is 11.1 Å². The van der Waals surface area contributed by atoms with Gasteiger partial charge in [0.15, 0.2) is 0 Å². The van der Waals surface area contributed by atoms with Crippen molar-refractivity contribution in [2.75, 3.05) is 38.7 Å². The summed E-state index contributed by atoms with van der Waals surface area (Å²) in [6, 6.07) is 9.79. The molecule has 3 aromatic rings. The summed E-state index contributed by atoms with van der Waals surface area (Å²) in [6.45, 7) is 10.4. The molecule has 0 radical (unpaired) electrons. The standard InChI is InChI=1S/C25H36ClN5OSi/c1-29(2)21-9-11-30(12-10-21)24-23-22(19-7-6-8-20(26)15-19)16-31(25(23)28-17-27-24)18-32-13-14-33(3,4)5/h6-8,15-17,21H,9-14,18H2,1-5H3. The quantitative estimate of drug-likeness (QED) is 0.307. The van der Waals surface area contributed by atoms with Gasteiger partial charge in [0.25, 0.3) is 0 Å². The molecule has 1 fully saturated rings. The average Bonchev–Trinajstić information content (AvgIpc) is 3.15. The van der Waals surface area contributed by atoms with Gasteiger partial charge in [0, 0.05) is 50.6 Å². The Kier molecular flexibility index (Phi) is 7.43. The van der Waals surface area contributed by atoms with Crippen LogP contribution in [0.1, 0.15) is 12.8 Å². The van der Waals surface area contributed by atoms with Crippen LogP contribution in [-0.2, 0) is 11.5 Å². The summed E-state index contributed by atoms with van der Waals surface area (Å²) >= 11 is 6.36. The van der Waals surface area contributed by atoms with Crippen molar-refractivity contribution in [3.05, 3.63) is 41.8 Å². The molecule has 0 saturated carbocycles. The third-order valence-corrected chi connectivity index (χ3v) is 8.43. The molecule has 0 aliphatic carbocycles. The first-order valence-electron chi connectivity index (χ1n) is 11.8.